The van der Waals surface area contributed by atoms with E-state index >= 15 is 0 Å². The molecule has 3 heterocycles. The Morgan fingerprint density at radius 2 is 1.75 bits per heavy atom. The molecule has 0 N–H and O–H groups in total. The van der Waals surface area contributed by atoms with Gasteiger partial charge in [0.15, 0.2) is 11.6 Å². The Morgan fingerprint density at radius 3 is 2.50 bits per heavy atom. The van der Waals surface area contributed by atoms with Gasteiger partial charge < -0.3 is 14.7 Å². The van der Waals surface area contributed by atoms with Crippen LogP contribution in [0, 0.1) is 0 Å². The number of amides is 1. The summed E-state index contributed by atoms with van der Waals surface area (Å²) < 4.78 is 0. The van der Waals surface area contributed by atoms with Crippen molar-refractivity contribution in [3.63, 3.8) is 0 Å². The van der Waals surface area contributed by atoms with Gasteiger partial charge in [-0.1, -0.05) is 0 Å². The van der Waals surface area contributed by atoms with Crippen molar-refractivity contribution in [2.45, 2.75) is 13.0 Å². The zero-order valence-electron chi connectivity index (χ0n) is 17.0. The second kappa shape index (κ2) is 9.45. The fourth-order valence-corrected chi connectivity index (χ4v) is 3.43. The van der Waals surface area contributed by atoms with Crippen molar-refractivity contribution in [3.8, 4) is 0 Å². The number of hydrogen-bond acceptors (Lipinski definition) is 7. The molecule has 2 aromatic rings. The van der Waals surface area contributed by atoms with Crippen molar-refractivity contribution in [3.05, 3.63) is 42.5 Å². The number of anilines is 2. The summed E-state index contributed by atoms with van der Waals surface area (Å²) >= 11 is 0. The minimum atomic E-state index is 0.172. The van der Waals surface area contributed by atoms with Crippen molar-refractivity contribution in [1.82, 2.24) is 24.8 Å². The number of rotatable bonds is 6. The number of nitrogens with zero attached hydrogens (tertiary/aromatic N) is 7. The summed E-state index contributed by atoms with van der Waals surface area (Å²) in [6, 6.07) is 3.96. The Morgan fingerprint density at radius 1 is 1.00 bits per heavy atom. The highest BCUT2D eigenvalue weighted by molar-refractivity contribution is 5.78. The number of aromatic nitrogens is 3. The Bertz CT molecular complexity index is 768. The number of carbonyl (C=O) groups is 1. The fraction of sp³-hybridized carbons (Fsp3) is 0.500. The lowest BCUT2D eigenvalue weighted by Gasteiger charge is -2.26. The minimum Gasteiger partial charge on any atom is -0.360 e. The maximum absolute atomic E-state index is 12.8. The summed E-state index contributed by atoms with van der Waals surface area (Å²) in [7, 11) is 5.92. The van der Waals surface area contributed by atoms with E-state index in [1.165, 1.54) is 0 Å². The summed E-state index contributed by atoms with van der Waals surface area (Å²) in [5.41, 5.74) is 1.16. The molecule has 1 amide bonds. The minimum absolute atomic E-state index is 0.172. The van der Waals surface area contributed by atoms with Crippen LogP contribution in [-0.2, 0) is 11.3 Å². The van der Waals surface area contributed by atoms with E-state index in [-0.39, 0.29) is 5.91 Å². The Balaban J connectivity index is 1.57. The zero-order valence-corrected chi connectivity index (χ0v) is 17.0. The second-order valence-corrected chi connectivity index (χ2v) is 7.35. The van der Waals surface area contributed by atoms with E-state index in [1.54, 1.807) is 24.8 Å². The monoisotopic (exact) mass is 383 g/mol. The molecule has 8 heteroatoms. The van der Waals surface area contributed by atoms with Crippen LogP contribution in [0.3, 0.4) is 0 Å². The lowest BCUT2D eigenvalue weighted by molar-refractivity contribution is -0.132. The van der Waals surface area contributed by atoms with E-state index in [2.05, 4.69) is 19.9 Å². The van der Waals surface area contributed by atoms with Gasteiger partial charge in [-0.05, 0) is 31.2 Å². The standard InChI is InChI=1S/C20H29N7O/c1-24(2)19-20(23-10-9-22-19)27-12-4-11-26(13-14-27)18(28)16-25(3)15-17-5-7-21-8-6-17/h5-10H,4,11-16H2,1-3H3. The lowest BCUT2D eigenvalue weighted by atomic mass is 10.2. The van der Waals surface area contributed by atoms with Gasteiger partial charge in [0.05, 0.1) is 6.54 Å². The third kappa shape index (κ3) is 5.16. The maximum Gasteiger partial charge on any atom is 0.236 e. The van der Waals surface area contributed by atoms with Crippen LogP contribution in [0.2, 0.25) is 0 Å². The molecule has 3 rings (SSSR count). The van der Waals surface area contributed by atoms with Crippen LogP contribution in [0.15, 0.2) is 36.9 Å². The van der Waals surface area contributed by atoms with Crippen LogP contribution in [0.5, 0.6) is 0 Å². The predicted molar refractivity (Wildman–Crippen MR) is 110 cm³/mol. The first kappa shape index (κ1) is 20.0. The molecule has 28 heavy (non-hydrogen) atoms. The second-order valence-electron chi connectivity index (χ2n) is 7.35. The van der Waals surface area contributed by atoms with Gasteiger partial charge in [0, 0.05) is 71.6 Å². The van der Waals surface area contributed by atoms with E-state index in [1.807, 2.05) is 48.0 Å². The fourth-order valence-electron chi connectivity index (χ4n) is 3.43. The molecule has 0 aromatic carbocycles. The molecule has 2 aromatic heterocycles. The van der Waals surface area contributed by atoms with Crippen molar-refractivity contribution in [2.24, 2.45) is 0 Å². The summed E-state index contributed by atoms with van der Waals surface area (Å²) in [6.07, 6.45) is 7.92. The molecule has 1 aliphatic heterocycles. The van der Waals surface area contributed by atoms with E-state index in [9.17, 15) is 4.79 Å². The van der Waals surface area contributed by atoms with Crippen molar-refractivity contribution >= 4 is 17.5 Å². The van der Waals surface area contributed by atoms with Gasteiger partial charge in [0.2, 0.25) is 5.91 Å². The molecule has 1 fully saturated rings. The Kier molecular flexibility index (Phi) is 6.76. The first-order valence-electron chi connectivity index (χ1n) is 9.63. The van der Waals surface area contributed by atoms with Gasteiger partial charge in [-0.2, -0.15) is 0 Å². The van der Waals surface area contributed by atoms with Gasteiger partial charge in [-0.3, -0.25) is 14.7 Å². The van der Waals surface area contributed by atoms with E-state index in [0.29, 0.717) is 13.1 Å². The first-order chi connectivity index (χ1) is 13.5. The largest absolute Gasteiger partial charge is 0.360 e. The molecule has 0 saturated carbocycles. The van der Waals surface area contributed by atoms with Gasteiger partial charge in [0.1, 0.15) is 0 Å². The number of pyridine rings is 1. The summed E-state index contributed by atoms with van der Waals surface area (Å²) in [5, 5.41) is 0. The molecule has 8 nitrogen and oxygen atoms in total. The van der Waals surface area contributed by atoms with Crippen LogP contribution in [0.1, 0.15) is 12.0 Å². The molecule has 0 bridgehead atoms. The molecule has 0 radical (unpaired) electrons. The Labute approximate surface area is 166 Å². The van der Waals surface area contributed by atoms with E-state index in [4.69, 9.17) is 0 Å². The molecule has 1 saturated heterocycles. The topological polar surface area (TPSA) is 68.7 Å². The van der Waals surface area contributed by atoms with Crippen LogP contribution >= 0.6 is 0 Å². The molecule has 0 spiro atoms. The van der Waals surface area contributed by atoms with Gasteiger partial charge in [-0.15, -0.1) is 0 Å². The SMILES string of the molecule is CN(CC(=O)N1CCCN(c2nccnc2N(C)C)CC1)Cc1ccncc1. The van der Waals surface area contributed by atoms with E-state index in [0.717, 1.165) is 49.8 Å². The summed E-state index contributed by atoms with van der Waals surface area (Å²) in [4.78, 5) is 34.0. The van der Waals surface area contributed by atoms with Crippen molar-refractivity contribution < 1.29 is 4.79 Å². The highest BCUT2D eigenvalue weighted by Gasteiger charge is 2.23. The summed E-state index contributed by atoms with van der Waals surface area (Å²) in [5.74, 6) is 1.92. The third-order valence-electron chi connectivity index (χ3n) is 4.84. The van der Waals surface area contributed by atoms with Crippen LogP contribution in [-0.4, -0.2) is 84.5 Å². The molecular formula is C20H29N7O. The first-order valence-corrected chi connectivity index (χ1v) is 9.63. The van der Waals surface area contributed by atoms with Gasteiger partial charge in [0.25, 0.3) is 0 Å². The quantitative estimate of drug-likeness (QED) is 0.740. The highest BCUT2D eigenvalue weighted by atomic mass is 16.2. The predicted octanol–water partition coefficient (Wildman–Crippen LogP) is 1.11. The normalized spacial score (nSPS) is 14.9. The summed E-state index contributed by atoms with van der Waals surface area (Å²) in [6.45, 7) is 4.26. The van der Waals surface area contributed by atoms with Gasteiger partial charge >= 0.3 is 0 Å². The number of likely N-dealkylation sites (N-methyl/N-ethyl adjacent to an activating group) is 1. The number of hydrogen-bond donors (Lipinski definition) is 0. The lowest BCUT2D eigenvalue weighted by Crippen LogP contribution is -2.41. The van der Waals surface area contributed by atoms with Gasteiger partial charge in [-0.25, -0.2) is 9.97 Å². The zero-order chi connectivity index (χ0) is 19.9. The van der Waals surface area contributed by atoms with Crippen LogP contribution in [0.4, 0.5) is 11.6 Å². The third-order valence-corrected chi connectivity index (χ3v) is 4.84. The average Bonchev–Trinajstić information content (AvgIpc) is 2.95. The molecule has 0 aliphatic carbocycles. The highest BCUT2D eigenvalue weighted by Crippen LogP contribution is 2.23. The van der Waals surface area contributed by atoms with Crippen molar-refractivity contribution in [2.75, 3.05) is 63.7 Å². The molecule has 0 atom stereocenters. The average molecular weight is 384 g/mol. The molecular weight excluding hydrogens is 354 g/mol. The van der Waals surface area contributed by atoms with Crippen LogP contribution < -0.4 is 9.80 Å². The van der Waals surface area contributed by atoms with E-state index < -0.39 is 0 Å². The van der Waals surface area contributed by atoms with Crippen molar-refractivity contribution in [1.29, 1.82) is 0 Å². The number of carbonyl (C=O) groups excluding carboxylic acids is 1. The van der Waals surface area contributed by atoms with Crippen LogP contribution in [0.25, 0.3) is 0 Å². The molecule has 1 aliphatic rings. The molecule has 0 unspecified atom stereocenters. The smallest absolute Gasteiger partial charge is 0.236 e. The Hall–Kier alpha value is -2.74. The maximum atomic E-state index is 12.8. The molecule has 150 valence electrons.